The maximum absolute atomic E-state index is 4.42. The van der Waals surface area contributed by atoms with E-state index in [4.69, 9.17) is 0 Å². The fraction of sp³-hybridized carbons (Fsp3) is 0.667. The van der Waals surface area contributed by atoms with Crippen molar-refractivity contribution in [3.05, 3.63) is 30.1 Å². The molecule has 1 fully saturated rings. The maximum Gasteiger partial charge on any atom is 0.0570 e. The minimum Gasteiger partial charge on any atom is -0.306 e. The third-order valence-electron chi connectivity index (χ3n) is 3.74. The van der Waals surface area contributed by atoms with Crippen molar-refractivity contribution >= 4 is 0 Å². The standard InChI is InChI=1S/C15H25N3/c1-3-10-18-11-7-14(8-12-18)17-13(2)15-6-4-5-9-16-15/h4-6,9,13-14,17H,3,7-8,10-12H2,1-2H3. The minimum atomic E-state index is 0.355. The first-order valence-corrected chi connectivity index (χ1v) is 7.19. The van der Waals surface area contributed by atoms with Crippen LogP contribution in [0.25, 0.3) is 0 Å². The van der Waals surface area contributed by atoms with E-state index in [0.29, 0.717) is 12.1 Å². The summed E-state index contributed by atoms with van der Waals surface area (Å²) in [5.41, 5.74) is 1.15. The first-order valence-electron chi connectivity index (χ1n) is 7.19. The van der Waals surface area contributed by atoms with Crippen molar-refractivity contribution in [3.63, 3.8) is 0 Å². The zero-order valence-corrected chi connectivity index (χ0v) is 11.6. The van der Waals surface area contributed by atoms with E-state index < -0.39 is 0 Å². The van der Waals surface area contributed by atoms with Crippen LogP contribution in [0.2, 0.25) is 0 Å². The molecule has 1 aliphatic heterocycles. The van der Waals surface area contributed by atoms with Crippen LogP contribution in [0.1, 0.15) is 44.8 Å². The number of rotatable bonds is 5. The SMILES string of the molecule is CCCN1CCC(NC(C)c2ccccn2)CC1. The summed E-state index contributed by atoms with van der Waals surface area (Å²) < 4.78 is 0. The van der Waals surface area contributed by atoms with Crippen LogP contribution < -0.4 is 5.32 Å². The summed E-state index contributed by atoms with van der Waals surface area (Å²) in [7, 11) is 0. The van der Waals surface area contributed by atoms with E-state index in [-0.39, 0.29) is 0 Å². The van der Waals surface area contributed by atoms with E-state index in [1.165, 1.54) is 38.9 Å². The first-order chi connectivity index (χ1) is 8.79. The van der Waals surface area contributed by atoms with E-state index in [0.717, 1.165) is 5.69 Å². The van der Waals surface area contributed by atoms with Crippen LogP contribution in [0.5, 0.6) is 0 Å². The first kappa shape index (κ1) is 13.5. The number of nitrogens with zero attached hydrogens (tertiary/aromatic N) is 2. The molecule has 1 N–H and O–H groups in total. The van der Waals surface area contributed by atoms with Gasteiger partial charge in [0.2, 0.25) is 0 Å². The Bertz CT molecular complexity index is 331. The van der Waals surface area contributed by atoms with Crippen LogP contribution in [0.4, 0.5) is 0 Å². The van der Waals surface area contributed by atoms with Gasteiger partial charge in [-0.1, -0.05) is 13.0 Å². The Morgan fingerprint density at radius 3 is 2.78 bits per heavy atom. The molecule has 1 aliphatic rings. The highest BCUT2D eigenvalue weighted by Gasteiger charge is 2.20. The molecule has 0 aromatic carbocycles. The summed E-state index contributed by atoms with van der Waals surface area (Å²) in [6.45, 7) is 8.19. The van der Waals surface area contributed by atoms with Gasteiger partial charge >= 0.3 is 0 Å². The molecular weight excluding hydrogens is 222 g/mol. The molecule has 0 bridgehead atoms. The monoisotopic (exact) mass is 247 g/mol. The molecule has 100 valence electrons. The second kappa shape index (κ2) is 6.86. The highest BCUT2D eigenvalue weighted by Crippen LogP contribution is 2.15. The van der Waals surface area contributed by atoms with Crippen LogP contribution in [-0.2, 0) is 0 Å². The molecule has 0 amide bonds. The lowest BCUT2D eigenvalue weighted by molar-refractivity contribution is 0.192. The quantitative estimate of drug-likeness (QED) is 0.867. The molecule has 1 saturated heterocycles. The van der Waals surface area contributed by atoms with E-state index >= 15 is 0 Å². The van der Waals surface area contributed by atoms with Gasteiger partial charge in [0.05, 0.1) is 5.69 Å². The number of piperidine rings is 1. The molecule has 1 aromatic rings. The number of likely N-dealkylation sites (tertiary alicyclic amines) is 1. The van der Waals surface area contributed by atoms with Crippen molar-refractivity contribution < 1.29 is 0 Å². The molecular formula is C15H25N3. The van der Waals surface area contributed by atoms with Crippen molar-refractivity contribution in [2.24, 2.45) is 0 Å². The largest absolute Gasteiger partial charge is 0.306 e. The van der Waals surface area contributed by atoms with Gasteiger partial charge in [0.25, 0.3) is 0 Å². The molecule has 0 spiro atoms. The van der Waals surface area contributed by atoms with Crippen molar-refractivity contribution in [1.29, 1.82) is 0 Å². The summed E-state index contributed by atoms with van der Waals surface area (Å²) >= 11 is 0. The minimum absolute atomic E-state index is 0.355. The Labute approximate surface area is 111 Å². The number of aromatic nitrogens is 1. The highest BCUT2D eigenvalue weighted by molar-refractivity contribution is 5.08. The Morgan fingerprint density at radius 1 is 1.39 bits per heavy atom. The summed E-state index contributed by atoms with van der Waals surface area (Å²) in [5, 5.41) is 3.71. The molecule has 2 rings (SSSR count). The third kappa shape index (κ3) is 3.79. The molecule has 3 heteroatoms. The third-order valence-corrected chi connectivity index (χ3v) is 3.74. The van der Waals surface area contributed by atoms with Gasteiger partial charge in [-0.2, -0.15) is 0 Å². The molecule has 2 heterocycles. The summed E-state index contributed by atoms with van der Waals surface area (Å²) in [6.07, 6.45) is 5.66. The zero-order chi connectivity index (χ0) is 12.8. The van der Waals surface area contributed by atoms with Gasteiger partial charge in [-0.3, -0.25) is 4.98 Å². The molecule has 1 unspecified atom stereocenters. The summed E-state index contributed by atoms with van der Waals surface area (Å²) in [6, 6.07) is 7.14. The van der Waals surface area contributed by atoms with E-state index in [2.05, 4.69) is 41.2 Å². The number of hydrogen-bond donors (Lipinski definition) is 1. The van der Waals surface area contributed by atoms with Gasteiger partial charge in [0.1, 0.15) is 0 Å². The molecule has 0 radical (unpaired) electrons. The fourth-order valence-corrected chi connectivity index (χ4v) is 2.71. The lowest BCUT2D eigenvalue weighted by atomic mass is 10.0. The predicted octanol–water partition coefficient (Wildman–Crippen LogP) is 2.61. The number of pyridine rings is 1. The summed E-state index contributed by atoms with van der Waals surface area (Å²) in [5.74, 6) is 0. The van der Waals surface area contributed by atoms with E-state index in [9.17, 15) is 0 Å². The van der Waals surface area contributed by atoms with Crippen LogP contribution in [-0.4, -0.2) is 35.6 Å². The number of nitrogens with one attached hydrogen (secondary N) is 1. The van der Waals surface area contributed by atoms with Crippen molar-refractivity contribution in [2.75, 3.05) is 19.6 Å². The van der Waals surface area contributed by atoms with Crippen LogP contribution in [0, 0.1) is 0 Å². The van der Waals surface area contributed by atoms with Gasteiger partial charge in [-0.15, -0.1) is 0 Å². The maximum atomic E-state index is 4.42. The lowest BCUT2D eigenvalue weighted by Crippen LogP contribution is -2.43. The Hall–Kier alpha value is -0.930. The van der Waals surface area contributed by atoms with Gasteiger partial charge in [0.15, 0.2) is 0 Å². The second-order valence-electron chi connectivity index (χ2n) is 5.26. The van der Waals surface area contributed by atoms with Crippen molar-refractivity contribution in [2.45, 2.75) is 45.2 Å². The van der Waals surface area contributed by atoms with Gasteiger partial charge in [0, 0.05) is 18.3 Å². The van der Waals surface area contributed by atoms with E-state index in [1.54, 1.807) is 0 Å². The Morgan fingerprint density at radius 2 is 2.17 bits per heavy atom. The molecule has 0 aliphatic carbocycles. The smallest absolute Gasteiger partial charge is 0.0570 e. The van der Waals surface area contributed by atoms with Crippen molar-refractivity contribution in [1.82, 2.24) is 15.2 Å². The second-order valence-corrected chi connectivity index (χ2v) is 5.26. The van der Waals surface area contributed by atoms with Crippen LogP contribution in [0.3, 0.4) is 0 Å². The van der Waals surface area contributed by atoms with Gasteiger partial charge < -0.3 is 10.2 Å². The number of hydrogen-bond acceptors (Lipinski definition) is 3. The summed E-state index contributed by atoms with van der Waals surface area (Å²) in [4.78, 5) is 6.99. The molecule has 1 aromatic heterocycles. The zero-order valence-electron chi connectivity index (χ0n) is 11.6. The van der Waals surface area contributed by atoms with Gasteiger partial charge in [-0.05, 0) is 58.0 Å². The fourth-order valence-electron chi connectivity index (χ4n) is 2.71. The Balaban J connectivity index is 1.78. The van der Waals surface area contributed by atoms with Crippen LogP contribution in [0.15, 0.2) is 24.4 Å². The predicted molar refractivity (Wildman–Crippen MR) is 75.5 cm³/mol. The molecule has 18 heavy (non-hydrogen) atoms. The highest BCUT2D eigenvalue weighted by atomic mass is 15.1. The molecule has 1 atom stereocenters. The lowest BCUT2D eigenvalue weighted by Gasteiger charge is -2.33. The topological polar surface area (TPSA) is 28.2 Å². The molecule has 0 saturated carbocycles. The normalized spacial score (nSPS) is 19.9. The van der Waals surface area contributed by atoms with E-state index in [1.807, 2.05) is 12.3 Å². The molecule has 3 nitrogen and oxygen atoms in total. The average Bonchev–Trinajstić information content (AvgIpc) is 2.42. The van der Waals surface area contributed by atoms with Gasteiger partial charge in [-0.25, -0.2) is 0 Å². The average molecular weight is 247 g/mol. The van der Waals surface area contributed by atoms with Crippen molar-refractivity contribution in [3.8, 4) is 0 Å². The van der Waals surface area contributed by atoms with Crippen LogP contribution >= 0.6 is 0 Å². The Kier molecular flexibility index (Phi) is 5.14.